The summed E-state index contributed by atoms with van der Waals surface area (Å²) in [5, 5.41) is 4.17. The van der Waals surface area contributed by atoms with Gasteiger partial charge in [-0.05, 0) is 81.1 Å². The third-order valence-electron chi connectivity index (χ3n) is 4.51. The fourth-order valence-electron chi connectivity index (χ4n) is 3.38. The highest BCUT2D eigenvalue weighted by atomic mass is 79.9. The number of fused-ring (bicyclic) bond motifs is 2. The third-order valence-corrected chi connectivity index (χ3v) is 6.34. The largest absolute Gasteiger partial charge is 0.316 e. The van der Waals surface area contributed by atoms with Crippen LogP contribution in [0.5, 0.6) is 0 Å². The lowest BCUT2D eigenvalue weighted by atomic mass is 9.89. The van der Waals surface area contributed by atoms with Crippen LogP contribution in [-0.4, -0.2) is 18.1 Å². The van der Waals surface area contributed by atoms with Gasteiger partial charge in [0.15, 0.2) is 0 Å². The van der Waals surface area contributed by atoms with Crippen molar-refractivity contribution in [2.75, 3.05) is 13.1 Å². The minimum atomic E-state index is 0.730. The highest BCUT2D eigenvalue weighted by Crippen LogP contribution is 2.41. The van der Waals surface area contributed by atoms with E-state index in [1.54, 1.807) is 0 Å². The highest BCUT2D eigenvalue weighted by molar-refractivity contribution is 9.10. The topological polar surface area (TPSA) is 24.9 Å². The van der Waals surface area contributed by atoms with Crippen molar-refractivity contribution in [1.82, 2.24) is 10.3 Å². The quantitative estimate of drug-likeness (QED) is 0.444. The lowest BCUT2D eigenvalue weighted by Gasteiger charge is -2.22. The first kappa shape index (κ1) is 16.5. The van der Waals surface area contributed by atoms with Crippen LogP contribution in [0.15, 0.2) is 38.9 Å². The van der Waals surface area contributed by atoms with Crippen molar-refractivity contribution in [3.63, 3.8) is 0 Å². The van der Waals surface area contributed by atoms with E-state index in [2.05, 4.69) is 61.5 Å². The van der Waals surface area contributed by atoms with Crippen LogP contribution < -0.4 is 5.32 Å². The summed E-state index contributed by atoms with van der Waals surface area (Å²) in [5.74, 6) is 0. The van der Waals surface area contributed by atoms with Crippen molar-refractivity contribution in [2.24, 2.45) is 0 Å². The van der Waals surface area contributed by atoms with Crippen LogP contribution in [0.1, 0.15) is 35.2 Å². The molecule has 0 atom stereocenters. The van der Waals surface area contributed by atoms with Gasteiger partial charge in [0.1, 0.15) is 0 Å². The number of aromatic nitrogens is 1. The molecule has 1 N–H and O–H groups in total. The van der Waals surface area contributed by atoms with Gasteiger partial charge in [-0.15, -0.1) is 0 Å². The Bertz CT molecular complexity index is 879. The first-order valence-corrected chi connectivity index (χ1v) is 9.86. The monoisotopic (exact) mass is 464 g/mol. The molecule has 0 saturated carbocycles. The van der Waals surface area contributed by atoms with Gasteiger partial charge in [0.25, 0.3) is 0 Å². The van der Waals surface area contributed by atoms with Gasteiger partial charge in [0.2, 0.25) is 0 Å². The standard InChI is InChI=1S/C19H15Br2ClN2/c20-13-9-12-1-2-15-14(3-4-16(22)18(15)21)17(19(12)24-10-13)11-5-7-23-8-6-11/h1-4,9-10,23H,5-8H2. The van der Waals surface area contributed by atoms with Crippen molar-refractivity contribution in [3.05, 3.63) is 66.3 Å². The molecule has 1 aliphatic heterocycles. The van der Waals surface area contributed by atoms with E-state index in [0.29, 0.717) is 0 Å². The molecule has 0 unspecified atom stereocenters. The molecule has 2 nitrogen and oxygen atoms in total. The van der Waals surface area contributed by atoms with Gasteiger partial charge in [-0.3, -0.25) is 4.98 Å². The molecule has 1 fully saturated rings. The van der Waals surface area contributed by atoms with E-state index < -0.39 is 0 Å². The Morgan fingerprint density at radius 1 is 1.08 bits per heavy atom. The average Bonchev–Trinajstić information content (AvgIpc) is 2.76. The molecule has 5 heteroatoms. The summed E-state index contributed by atoms with van der Waals surface area (Å²) in [6, 6.07) is 6.21. The van der Waals surface area contributed by atoms with Crippen LogP contribution in [0.2, 0.25) is 5.02 Å². The van der Waals surface area contributed by atoms with E-state index in [1.165, 1.54) is 16.7 Å². The zero-order valence-electron chi connectivity index (χ0n) is 12.9. The number of nitrogens with zero attached hydrogens (tertiary/aromatic N) is 1. The second-order valence-corrected chi connectivity index (χ2v) is 8.09. The van der Waals surface area contributed by atoms with Crippen LogP contribution in [0.4, 0.5) is 0 Å². The summed E-state index contributed by atoms with van der Waals surface area (Å²) < 4.78 is 1.93. The van der Waals surface area contributed by atoms with Crippen LogP contribution >= 0.6 is 43.5 Å². The predicted molar refractivity (Wildman–Crippen MR) is 108 cm³/mol. The molecule has 1 saturated heterocycles. The molecule has 1 aliphatic carbocycles. The number of benzene rings is 1. The zero-order chi connectivity index (χ0) is 16.7. The first-order valence-electron chi connectivity index (χ1n) is 7.90. The Labute approximate surface area is 163 Å². The number of hydrogen-bond acceptors (Lipinski definition) is 2. The SMILES string of the molecule is Clc1ccc2c(c1Br)C=Cc1cc(Br)cnc1C2=C1CCNCC1. The van der Waals surface area contributed by atoms with Gasteiger partial charge in [0, 0.05) is 26.3 Å². The van der Waals surface area contributed by atoms with Crippen LogP contribution in [-0.2, 0) is 0 Å². The Kier molecular flexibility index (Phi) is 4.65. The number of halogens is 3. The molecule has 1 aromatic carbocycles. The van der Waals surface area contributed by atoms with E-state index in [4.69, 9.17) is 16.6 Å². The summed E-state index contributed by atoms with van der Waals surface area (Å²) >= 11 is 13.5. The van der Waals surface area contributed by atoms with E-state index in [0.717, 1.165) is 56.7 Å². The highest BCUT2D eigenvalue weighted by Gasteiger charge is 2.23. The second kappa shape index (κ2) is 6.75. The Hall–Kier alpha value is -0.940. The van der Waals surface area contributed by atoms with Gasteiger partial charge in [-0.2, -0.15) is 0 Å². The fourth-order valence-corrected chi connectivity index (χ4v) is 4.37. The molecular formula is C19H15Br2ClN2. The summed E-state index contributed by atoms with van der Waals surface area (Å²) in [4.78, 5) is 4.76. The molecule has 2 heterocycles. The molecule has 0 radical (unpaired) electrons. The second-order valence-electron chi connectivity index (χ2n) is 5.98. The lowest BCUT2D eigenvalue weighted by molar-refractivity contribution is 0.611. The first-order chi connectivity index (χ1) is 11.6. The fraction of sp³-hybridized carbons (Fsp3) is 0.211. The maximum Gasteiger partial charge on any atom is 0.0780 e. The van der Waals surface area contributed by atoms with E-state index >= 15 is 0 Å². The molecule has 0 amide bonds. The van der Waals surface area contributed by atoms with Crippen LogP contribution in [0, 0.1) is 0 Å². The van der Waals surface area contributed by atoms with Crippen LogP contribution in [0.25, 0.3) is 17.7 Å². The maximum atomic E-state index is 6.34. The van der Waals surface area contributed by atoms with Crippen molar-refractivity contribution in [2.45, 2.75) is 12.8 Å². The average molecular weight is 467 g/mol. The molecule has 2 aromatic rings. The summed E-state index contributed by atoms with van der Waals surface area (Å²) in [6.45, 7) is 2.03. The minimum Gasteiger partial charge on any atom is -0.316 e. The zero-order valence-corrected chi connectivity index (χ0v) is 16.8. The van der Waals surface area contributed by atoms with Crippen molar-refractivity contribution in [1.29, 1.82) is 0 Å². The van der Waals surface area contributed by atoms with Gasteiger partial charge in [0.05, 0.1) is 10.7 Å². The van der Waals surface area contributed by atoms with Crippen molar-refractivity contribution >= 4 is 61.2 Å². The number of rotatable bonds is 0. The number of hydrogen-bond donors (Lipinski definition) is 1. The Morgan fingerprint density at radius 2 is 1.88 bits per heavy atom. The maximum absolute atomic E-state index is 6.34. The number of nitrogens with one attached hydrogen (secondary N) is 1. The molecule has 122 valence electrons. The molecule has 1 aromatic heterocycles. The van der Waals surface area contributed by atoms with Gasteiger partial charge < -0.3 is 5.32 Å². The van der Waals surface area contributed by atoms with Gasteiger partial charge >= 0.3 is 0 Å². The van der Waals surface area contributed by atoms with Crippen molar-refractivity contribution < 1.29 is 0 Å². The summed E-state index contributed by atoms with van der Waals surface area (Å²) in [6.07, 6.45) is 8.23. The van der Waals surface area contributed by atoms with Crippen molar-refractivity contribution in [3.8, 4) is 0 Å². The Morgan fingerprint density at radius 3 is 2.67 bits per heavy atom. The molecule has 24 heavy (non-hydrogen) atoms. The smallest absolute Gasteiger partial charge is 0.0780 e. The number of piperidine rings is 1. The van der Waals surface area contributed by atoms with E-state index in [9.17, 15) is 0 Å². The van der Waals surface area contributed by atoms with Crippen LogP contribution in [0.3, 0.4) is 0 Å². The number of pyridine rings is 1. The third kappa shape index (κ3) is 2.90. The van der Waals surface area contributed by atoms with Gasteiger partial charge in [-0.1, -0.05) is 35.4 Å². The molecule has 0 spiro atoms. The minimum absolute atomic E-state index is 0.730. The Balaban J connectivity index is 2.05. The molecule has 0 bridgehead atoms. The lowest BCUT2D eigenvalue weighted by Crippen LogP contribution is -2.24. The molecule has 2 aliphatic rings. The normalized spacial score (nSPS) is 16.6. The van der Waals surface area contributed by atoms with Gasteiger partial charge in [-0.25, -0.2) is 0 Å². The predicted octanol–water partition coefficient (Wildman–Crippen LogP) is 5.93. The summed E-state index contributed by atoms with van der Waals surface area (Å²) in [7, 11) is 0. The molecule has 4 rings (SSSR count). The molecular weight excluding hydrogens is 451 g/mol. The summed E-state index contributed by atoms with van der Waals surface area (Å²) in [5.41, 5.74) is 7.23. The van der Waals surface area contributed by atoms with E-state index in [-0.39, 0.29) is 0 Å². The van der Waals surface area contributed by atoms with E-state index in [1.807, 2.05) is 12.3 Å².